The van der Waals surface area contributed by atoms with Gasteiger partial charge < -0.3 is 11.1 Å². The summed E-state index contributed by atoms with van der Waals surface area (Å²) in [4.78, 5) is 12.3. The van der Waals surface area contributed by atoms with Crippen LogP contribution in [0.5, 0.6) is 0 Å². The van der Waals surface area contributed by atoms with Crippen LogP contribution in [0.3, 0.4) is 0 Å². The number of rotatable bonds is 5. The van der Waals surface area contributed by atoms with Gasteiger partial charge >= 0.3 is 0 Å². The number of hydrogen-bond acceptors (Lipinski definition) is 3. The Morgan fingerprint density at radius 1 is 1.45 bits per heavy atom. The van der Waals surface area contributed by atoms with Crippen molar-refractivity contribution in [2.24, 2.45) is 11.1 Å². The monoisotopic (exact) mass is 322 g/mol. The highest BCUT2D eigenvalue weighted by molar-refractivity contribution is 5.85. The molecule has 1 fully saturated rings. The quantitative estimate of drug-likeness (QED) is 0.867. The molecule has 1 unspecified atom stereocenters. The van der Waals surface area contributed by atoms with Crippen LogP contribution < -0.4 is 11.1 Å². The highest BCUT2D eigenvalue weighted by atomic mass is 35.5. The molecular formula is C13H24Cl2N4O. The molecule has 1 aromatic rings. The molecule has 1 aliphatic rings. The number of nitrogens with one attached hydrogen (secondary N) is 1. The van der Waals surface area contributed by atoms with Crippen LogP contribution in [0.1, 0.15) is 32.6 Å². The first-order valence-electron chi connectivity index (χ1n) is 6.65. The van der Waals surface area contributed by atoms with E-state index in [1.54, 1.807) is 6.20 Å². The molecule has 116 valence electrons. The van der Waals surface area contributed by atoms with Crippen LogP contribution in [-0.2, 0) is 11.3 Å². The third kappa shape index (κ3) is 4.36. The van der Waals surface area contributed by atoms with E-state index in [4.69, 9.17) is 5.73 Å². The number of aromatic nitrogens is 2. The Balaban J connectivity index is 0.00000180. The first-order valence-corrected chi connectivity index (χ1v) is 6.65. The summed E-state index contributed by atoms with van der Waals surface area (Å²) < 4.78 is 1.83. The smallest absolute Gasteiger partial charge is 0.227 e. The number of nitrogens with zero attached hydrogens (tertiary/aromatic N) is 2. The van der Waals surface area contributed by atoms with E-state index in [9.17, 15) is 4.79 Å². The van der Waals surface area contributed by atoms with Gasteiger partial charge in [0.05, 0.1) is 12.0 Å². The molecule has 1 heterocycles. The summed E-state index contributed by atoms with van der Waals surface area (Å²) in [5.74, 6) is 0.113. The van der Waals surface area contributed by atoms with Crippen molar-refractivity contribution in [1.82, 2.24) is 15.1 Å². The molecule has 5 nitrogen and oxygen atoms in total. The molecule has 3 N–H and O–H groups in total. The van der Waals surface area contributed by atoms with Crippen LogP contribution in [0.25, 0.3) is 0 Å². The van der Waals surface area contributed by atoms with Crippen molar-refractivity contribution in [2.75, 3.05) is 6.54 Å². The summed E-state index contributed by atoms with van der Waals surface area (Å²) >= 11 is 0. The Morgan fingerprint density at radius 2 is 2.10 bits per heavy atom. The van der Waals surface area contributed by atoms with Gasteiger partial charge in [0.25, 0.3) is 0 Å². The van der Waals surface area contributed by atoms with E-state index in [1.165, 1.54) is 0 Å². The van der Waals surface area contributed by atoms with E-state index in [-0.39, 0.29) is 42.2 Å². The van der Waals surface area contributed by atoms with Crippen LogP contribution >= 0.6 is 24.8 Å². The van der Waals surface area contributed by atoms with Crippen LogP contribution in [0.2, 0.25) is 0 Å². The normalized spacial score (nSPS) is 17.7. The zero-order valence-corrected chi connectivity index (χ0v) is 13.4. The van der Waals surface area contributed by atoms with Crippen molar-refractivity contribution in [3.05, 3.63) is 18.5 Å². The van der Waals surface area contributed by atoms with Crippen LogP contribution in [0.4, 0.5) is 0 Å². The van der Waals surface area contributed by atoms with Gasteiger partial charge in [-0.15, -0.1) is 24.8 Å². The fourth-order valence-corrected chi connectivity index (χ4v) is 2.69. The van der Waals surface area contributed by atoms with E-state index >= 15 is 0 Å². The predicted molar refractivity (Wildman–Crippen MR) is 84.3 cm³/mol. The van der Waals surface area contributed by atoms with Gasteiger partial charge in [-0.05, 0) is 25.8 Å². The first-order chi connectivity index (χ1) is 8.66. The number of amides is 1. The summed E-state index contributed by atoms with van der Waals surface area (Å²) in [6, 6.07) is 1.95. The molecule has 0 radical (unpaired) electrons. The van der Waals surface area contributed by atoms with E-state index in [2.05, 4.69) is 10.4 Å². The predicted octanol–water partition coefficient (Wildman–Crippen LogP) is 1.75. The standard InChI is InChI=1S/C13H22N4O.2ClH/c1-11(9-17-8-4-7-15-17)16-12(18)13(10-14)5-2-3-6-13;;/h4,7-8,11H,2-3,5-6,9-10,14H2,1H3,(H,16,18);2*1H. The average Bonchev–Trinajstić information content (AvgIpc) is 2.99. The minimum atomic E-state index is -0.321. The summed E-state index contributed by atoms with van der Waals surface area (Å²) in [6.45, 7) is 3.14. The van der Waals surface area contributed by atoms with Crippen molar-refractivity contribution in [3.8, 4) is 0 Å². The van der Waals surface area contributed by atoms with Gasteiger partial charge in [-0.2, -0.15) is 5.10 Å². The van der Waals surface area contributed by atoms with E-state index < -0.39 is 0 Å². The first kappa shape index (κ1) is 19.2. The lowest BCUT2D eigenvalue weighted by atomic mass is 9.85. The van der Waals surface area contributed by atoms with Crippen molar-refractivity contribution >= 4 is 30.7 Å². The van der Waals surface area contributed by atoms with Crippen LogP contribution in [0, 0.1) is 5.41 Å². The highest BCUT2D eigenvalue weighted by Gasteiger charge is 2.40. The van der Waals surface area contributed by atoms with E-state index in [0.29, 0.717) is 13.1 Å². The lowest BCUT2D eigenvalue weighted by Crippen LogP contribution is -2.48. The van der Waals surface area contributed by atoms with E-state index in [0.717, 1.165) is 25.7 Å². The largest absolute Gasteiger partial charge is 0.351 e. The lowest BCUT2D eigenvalue weighted by Gasteiger charge is -2.27. The maximum atomic E-state index is 12.3. The summed E-state index contributed by atoms with van der Waals surface area (Å²) in [5.41, 5.74) is 5.48. The Morgan fingerprint density at radius 3 is 2.60 bits per heavy atom. The number of carbonyl (C=O) groups is 1. The molecule has 20 heavy (non-hydrogen) atoms. The van der Waals surface area contributed by atoms with Gasteiger partial charge in [0.2, 0.25) is 5.91 Å². The number of hydrogen-bond donors (Lipinski definition) is 2. The number of nitrogens with two attached hydrogens (primary N) is 1. The van der Waals surface area contributed by atoms with Gasteiger partial charge in [0.15, 0.2) is 0 Å². The Kier molecular flexibility index (Phi) is 8.16. The molecule has 0 spiro atoms. The topological polar surface area (TPSA) is 72.9 Å². The second kappa shape index (κ2) is 8.49. The van der Waals surface area contributed by atoms with Crippen molar-refractivity contribution in [1.29, 1.82) is 0 Å². The SMILES string of the molecule is CC(Cn1cccn1)NC(=O)C1(CN)CCCC1.Cl.Cl. The summed E-state index contributed by atoms with van der Waals surface area (Å²) in [7, 11) is 0. The molecule has 7 heteroatoms. The maximum Gasteiger partial charge on any atom is 0.227 e. The van der Waals surface area contributed by atoms with E-state index in [1.807, 2.05) is 23.9 Å². The fraction of sp³-hybridized carbons (Fsp3) is 0.692. The highest BCUT2D eigenvalue weighted by Crippen LogP contribution is 2.37. The number of halogens is 2. The molecule has 1 amide bonds. The summed E-state index contributed by atoms with van der Waals surface area (Å²) in [6.07, 6.45) is 7.70. The van der Waals surface area contributed by atoms with Gasteiger partial charge in [0.1, 0.15) is 0 Å². The Bertz CT molecular complexity index is 391. The van der Waals surface area contributed by atoms with Crippen molar-refractivity contribution in [3.63, 3.8) is 0 Å². The molecule has 1 aromatic heterocycles. The molecular weight excluding hydrogens is 299 g/mol. The molecule has 1 aliphatic carbocycles. The van der Waals surface area contributed by atoms with Crippen molar-refractivity contribution < 1.29 is 4.79 Å². The van der Waals surface area contributed by atoms with Gasteiger partial charge in [0, 0.05) is 25.0 Å². The Hall–Kier alpha value is -0.780. The van der Waals surface area contributed by atoms with Crippen LogP contribution in [0.15, 0.2) is 18.5 Å². The van der Waals surface area contributed by atoms with Gasteiger partial charge in [-0.3, -0.25) is 9.48 Å². The summed E-state index contributed by atoms with van der Waals surface area (Å²) in [5, 5.41) is 7.21. The molecule has 0 aliphatic heterocycles. The second-order valence-electron chi connectivity index (χ2n) is 5.29. The average molecular weight is 323 g/mol. The van der Waals surface area contributed by atoms with Gasteiger partial charge in [-0.25, -0.2) is 0 Å². The van der Waals surface area contributed by atoms with Crippen molar-refractivity contribution in [2.45, 2.75) is 45.2 Å². The van der Waals surface area contributed by atoms with Gasteiger partial charge in [-0.1, -0.05) is 12.8 Å². The fourth-order valence-electron chi connectivity index (χ4n) is 2.69. The minimum absolute atomic E-state index is 0. The molecule has 0 saturated heterocycles. The van der Waals surface area contributed by atoms with Crippen LogP contribution in [-0.4, -0.2) is 28.3 Å². The maximum absolute atomic E-state index is 12.3. The zero-order chi connectivity index (χ0) is 13.0. The molecule has 1 saturated carbocycles. The lowest BCUT2D eigenvalue weighted by molar-refractivity contribution is -0.131. The molecule has 1 atom stereocenters. The second-order valence-corrected chi connectivity index (χ2v) is 5.29. The molecule has 0 bridgehead atoms. The third-order valence-electron chi connectivity index (χ3n) is 3.83. The molecule has 2 rings (SSSR count). The number of carbonyl (C=O) groups excluding carboxylic acids is 1. The Labute approximate surface area is 132 Å². The zero-order valence-electron chi connectivity index (χ0n) is 11.7. The third-order valence-corrected chi connectivity index (χ3v) is 3.83. The minimum Gasteiger partial charge on any atom is -0.351 e. The molecule has 0 aromatic carbocycles.